The van der Waals surface area contributed by atoms with E-state index in [-0.39, 0.29) is 0 Å². The predicted molar refractivity (Wildman–Crippen MR) is 68.6 cm³/mol. The van der Waals surface area contributed by atoms with Crippen molar-refractivity contribution in [3.8, 4) is 11.5 Å². The molecule has 0 amide bonds. The maximum absolute atomic E-state index is 5.65. The van der Waals surface area contributed by atoms with Gasteiger partial charge >= 0.3 is 0 Å². The molecule has 0 spiro atoms. The molecule has 0 radical (unpaired) electrons. The Morgan fingerprint density at radius 2 is 1.47 bits per heavy atom. The van der Waals surface area contributed by atoms with Crippen LogP contribution in [-0.2, 0) is 6.42 Å². The predicted octanol–water partition coefficient (Wildman–Crippen LogP) is 3.32. The van der Waals surface area contributed by atoms with Crippen molar-refractivity contribution in [3.63, 3.8) is 0 Å². The molecule has 0 bridgehead atoms. The Bertz CT molecular complexity index is 434. The van der Waals surface area contributed by atoms with E-state index in [0.717, 1.165) is 17.9 Å². The lowest BCUT2D eigenvalue weighted by Crippen LogP contribution is -2.00. The molecular formula is C15H16O2. The number of methoxy groups -OCH3 is 1. The van der Waals surface area contributed by atoms with Crippen LogP contribution in [0.3, 0.4) is 0 Å². The van der Waals surface area contributed by atoms with Gasteiger partial charge < -0.3 is 9.47 Å². The first kappa shape index (κ1) is 11.5. The van der Waals surface area contributed by atoms with Gasteiger partial charge in [0.15, 0.2) is 0 Å². The fourth-order valence-electron chi connectivity index (χ4n) is 1.60. The summed E-state index contributed by atoms with van der Waals surface area (Å²) in [5.74, 6) is 1.72. The van der Waals surface area contributed by atoms with Crippen molar-refractivity contribution in [1.29, 1.82) is 0 Å². The molecule has 17 heavy (non-hydrogen) atoms. The van der Waals surface area contributed by atoms with Gasteiger partial charge in [-0.25, -0.2) is 0 Å². The molecule has 0 saturated carbocycles. The Hall–Kier alpha value is -1.96. The molecule has 0 aliphatic rings. The Morgan fingerprint density at radius 3 is 2.12 bits per heavy atom. The summed E-state index contributed by atoms with van der Waals surface area (Å²) in [6.07, 6.45) is 0.923. The average molecular weight is 228 g/mol. The number of hydrogen-bond acceptors (Lipinski definition) is 2. The van der Waals surface area contributed by atoms with Crippen LogP contribution in [0, 0.1) is 0 Å². The molecule has 88 valence electrons. The van der Waals surface area contributed by atoms with Crippen molar-refractivity contribution in [3.05, 3.63) is 60.2 Å². The summed E-state index contributed by atoms with van der Waals surface area (Å²) in [4.78, 5) is 0. The van der Waals surface area contributed by atoms with Crippen LogP contribution >= 0.6 is 0 Å². The highest BCUT2D eigenvalue weighted by atomic mass is 16.5. The van der Waals surface area contributed by atoms with Gasteiger partial charge in [-0.3, -0.25) is 0 Å². The quantitative estimate of drug-likeness (QED) is 0.781. The van der Waals surface area contributed by atoms with Crippen molar-refractivity contribution in [2.24, 2.45) is 0 Å². The highest BCUT2D eigenvalue weighted by Gasteiger charge is 1.96. The molecule has 0 aliphatic heterocycles. The highest BCUT2D eigenvalue weighted by molar-refractivity contribution is 5.31. The van der Waals surface area contributed by atoms with E-state index >= 15 is 0 Å². The smallest absolute Gasteiger partial charge is 0.119 e. The first-order chi connectivity index (χ1) is 8.38. The molecular weight excluding hydrogens is 212 g/mol. The largest absolute Gasteiger partial charge is 0.497 e. The fraction of sp³-hybridized carbons (Fsp3) is 0.200. The lowest BCUT2D eigenvalue weighted by Gasteiger charge is -2.07. The maximum atomic E-state index is 5.65. The highest BCUT2D eigenvalue weighted by Crippen LogP contribution is 2.17. The van der Waals surface area contributed by atoms with E-state index in [1.54, 1.807) is 7.11 Å². The zero-order chi connectivity index (χ0) is 11.9. The second-order valence-electron chi connectivity index (χ2n) is 3.76. The number of benzene rings is 2. The Labute approximate surface area is 102 Å². The van der Waals surface area contributed by atoms with Crippen molar-refractivity contribution >= 4 is 0 Å². The number of hydrogen-bond donors (Lipinski definition) is 0. The van der Waals surface area contributed by atoms with Crippen LogP contribution in [0.25, 0.3) is 0 Å². The molecule has 0 aromatic heterocycles. The summed E-state index contributed by atoms with van der Waals surface area (Å²) in [5, 5.41) is 0. The third-order valence-corrected chi connectivity index (χ3v) is 2.56. The normalized spacial score (nSPS) is 9.94. The van der Waals surface area contributed by atoms with Crippen LogP contribution in [0.4, 0.5) is 0 Å². The maximum Gasteiger partial charge on any atom is 0.119 e. The van der Waals surface area contributed by atoms with Crippen LogP contribution < -0.4 is 9.47 Å². The lowest BCUT2D eigenvalue weighted by atomic mass is 10.2. The van der Waals surface area contributed by atoms with Gasteiger partial charge in [-0.2, -0.15) is 0 Å². The minimum absolute atomic E-state index is 0.691. The summed E-state index contributed by atoms with van der Waals surface area (Å²) in [6, 6.07) is 18.0. The molecule has 2 heteroatoms. The van der Waals surface area contributed by atoms with E-state index in [1.807, 2.05) is 42.5 Å². The molecule has 0 aliphatic carbocycles. The Kier molecular flexibility index (Phi) is 4.03. The molecule has 0 atom stereocenters. The van der Waals surface area contributed by atoms with E-state index < -0.39 is 0 Å². The van der Waals surface area contributed by atoms with Crippen LogP contribution in [0.2, 0.25) is 0 Å². The monoisotopic (exact) mass is 228 g/mol. The topological polar surface area (TPSA) is 18.5 Å². The Morgan fingerprint density at radius 1 is 0.824 bits per heavy atom. The molecule has 2 aromatic carbocycles. The molecule has 0 saturated heterocycles. The molecule has 0 fully saturated rings. The van der Waals surface area contributed by atoms with Crippen LogP contribution in [-0.4, -0.2) is 13.7 Å². The number of ether oxygens (including phenoxy) is 2. The average Bonchev–Trinajstić information content (AvgIpc) is 2.41. The van der Waals surface area contributed by atoms with Crippen molar-refractivity contribution in [2.45, 2.75) is 6.42 Å². The molecule has 0 heterocycles. The summed E-state index contributed by atoms with van der Waals surface area (Å²) >= 11 is 0. The molecule has 2 aromatic rings. The number of rotatable bonds is 5. The zero-order valence-electron chi connectivity index (χ0n) is 9.93. The van der Waals surface area contributed by atoms with E-state index in [0.29, 0.717) is 6.61 Å². The first-order valence-corrected chi connectivity index (χ1v) is 5.69. The van der Waals surface area contributed by atoms with Gasteiger partial charge in [0.25, 0.3) is 0 Å². The summed E-state index contributed by atoms with van der Waals surface area (Å²) in [6.45, 7) is 0.691. The third-order valence-electron chi connectivity index (χ3n) is 2.56. The second kappa shape index (κ2) is 5.94. The second-order valence-corrected chi connectivity index (χ2v) is 3.76. The van der Waals surface area contributed by atoms with Crippen molar-refractivity contribution in [1.82, 2.24) is 0 Å². The van der Waals surface area contributed by atoms with Crippen LogP contribution in [0.15, 0.2) is 54.6 Å². The van der Waals surface area contributed by atoms with Crippen molar-refractivity contribution < 1.29 is 9.47 Å². The summed E-state index contributed by atoms with van der Waals surface area (Å²) in [5.41, 5.74) is 1.29. The molecule has 2 nitrogen and oxygen atoms in total. The van der Waals surface area contributed by atoms with Gasteiger partial charge in [0.1, 0.15) is 11.5 Å². The SMILES string of the molecule is COc1ccc(OCCc2ccccc2)cc1. The minimum atomic E-state index is 0.691. The van der Waals surface area contributed by atoms with Gasteiger partial charge in [-0.15, -0.1) is 0 Å². The van der Waals surface area contributed by atoms with Gasteiger partial charge in [-0.1, -0.05) is 30.3 Å². The third kappa shape index (κ3) is 3.52. The van der Waals surface area contributed by atoms with Gasteiger partial charge in [0, 0.05) is 6.42 Å². The molecule has 0 N–H and O–H groups in total. The van der Waals surface area contributed by atoms with E-state index in [9.17, 15) is 0 Å². The zero-order valence-corrected chi connectivity index (χ0v) is 9.93. The van der Waals surface area contributed by atoms with Crippen LogP contribution in [0.5, 0.6) is 11.5 Å². The van der Waals surface area contributed by atoms with Crippen LogP contribution in [0.1, 0.15) is 5.56 Å². The van der Waals surface area contributed by atoms with Gasteiger partial charge in [-0.05, 0) is 29.8 Å². The fourth-order valence-corrected chi connectivity index (χ4v) is 1.60. The summed E-state index contributed by atoms with van der Waals surface area (Å²) in [7, 11) is 1.66. The standard InChI is InChI=1S/C15H16O2/c1-16-14-7-9-15(10-8-14)17-12-11-13-5-3-2-4-6-13/h2-10H,11-12H2,1H3. The van der Waals surface area contributed by atoms with E-state index in [1.165, 1.54) is 5.56 Å². The van der Waals surface area contributed by atoms with Crippen molar-refractivity contribution in [2.75, 3.05) is 13.7 Å². The van der Waals surface area contributed by atoms with Gasteiger partial charge in [0.2, 0.25) is 0 Å². The van der Waals surface area contributed by atoms with Gasteiger partial charge in [0.05, 0.1) is 13.7 Å². The Balaban J connectivity index is 1.82. The van der Waals surface area contributed by atoms with E-state index in [2.05, 4.69) is 12.1 Å². The molecule has 2 rings (SSSR count). The lowest BCUT2D eigenvalue weighted by molar-refractivity contribution is 0.321. The van der Waals surface area contributed by atoms with E-state index in [4.69, 9.17) is 9.47 Å². The first-order valence-electron chi connectivity index (χ1n) is 5.69. The molecule has 0 unspecified atom stereocenters. The summed E-state index contributed by atoms with van der Waals surface area (Å²) < 4.78 is 10.7. The minimum Gasteiger partial charge on any atom is -0.497 e.